The smallest absolute Gasteiger partial charge is 0.123 e. The molecule has 0 amide bonds. The highest BCUT2D eigenvalue weighted by molar-refractivity contribution is 8.00. The Labute approximate surface area is 119 Å². The van der Waals surface area contributed by atoms with Gasteiger partial charge in [-0.1, -0.05) is 6.92 Å². The van der Waals surface area contributed by atoms with Crippen molar-refractivity contribution < 1.29 is 4.39 Å². The molecule has 1 aliphatic rings. The molecule has 1 heterocycles. The van der Waals surface area contributed by atoms with Crippen LogP contribution >= 0.6 is 11.8 Å². The zero-order valence-corrected chi connectivity index (χ0v) is 12.8. The van der Waals surface area contributed by atoms with Crippen LogP contribution in [-0.4, -0.2) is 31.1 Å². The third-order valence-electron chi connectivity index (χ3n) is 3.82. The summed E-state index contributed by atoms with van der Waals surface area (Å²) < 4.78 is 13.5. The van der Waals surface area contributed by atoms with Gasteiger partial charge < -0.3 is 10.2 Å². The van der Waals surface area contributed by atoms with Gasteiger partial charge in [0.1, 0.15) is 5.82 Å². The molecule has 1 aliphatic heterocycles. The molecule has 2 unspecified atom stereocenters. The molecular weight excluding hydrogens is 259 g/mol. The Morgan fingerprint density at radius 3 is 3.00 bits per heavy atom. The van der Waals surface area contributed by atoms with Crippen LogP contribution in [0, 0.1) is 5.82 Å². The average Bonchev–Trinajstić information content (AvgIpc) is 2.46. The van der Waals surface area contributed by atoms with Crippen molar-refractivity contribution in [2.24, 2.45) is 0 Å². The number of nitrogens with one attached hydrogen (secondary N) is 1. The lowest BCUT2D eigenvalue weighted by molar-refractivity contribution is 0.605. The van der Waals surface area contributed by atoms with Crippen LogP contribution in [0.15, 0.2) is 18.2 Å². The molecule has 0 aliphatic carbocycles. The topological polar surface area (TPSA) is 15.3 Å². The Morgan fingerprint density at radius 1 is 1.53 bits per heavy atom. The maximum absolute atomic E-state index is 13.5. The van der Waals surface area contributed by atoms with Gasteiger partial charge in [0.2, 0.25) is 0 Å². The van der Waals surface area contributed by atoms with E-state index in [4.69, 9.17) is 0 Å². The number of halogens is 1. The van der Waals surface area contributed by atoms with Crippen LogP contribution in [0.4, 0.5) is 10.1 Å². The molecule has 1 saturated heterocycles. The molecule has 2 atom stereocenters. The highest BCUT2D eigenvalue weighted by Gasteiger charge is 2.22. The van der Waals surface area contributed by atoms with Crippen LogP contribution in [0.2, 0.25) is 0 Å². The standard InChI is InChI=1S/C15H23FN2S/c1-4-13-10-18(7-8-19-13)15-6-5-12(16)9-14(15)11(2)17-3/h5-6,9,11,13,17H,4,7-8,10H2,1-3H3. The zero-order valence-electron chi connectivity index (χ0n) is 11.9. The Hall–Kier alpha value is -0.740. The lowest BCUT2D eigenvalue weighted by Crippen LogP contribution is -2.38. The van der Waals surface area contributed by atoms with Gasteiger partial charge in [0, 0.05) is 35.8 Å². The van der Waals surface area contributed by atoms with Gasteiger partial charge >= 0.3 is 0 Å². The number of benzene rings is 1. The zero-order chi connectivity index (χ0) is 13.8. The first kappa shape index (κ1) is 14.7. The normalized spacial score (nSPS) is 21.5. The number of hydrogen-bond acceptors (Lipinski definition) is 3. The maximum Gasteiger partial charge on any atom is 0.123 e. The minimum atomic E-state index is -0.153. The van der Waals surface area contributed by atoms with Gasteiger partial charge in [-0.2, -0.15) is 11.8 Å². The number of nitrogens with zero attached hydrogens (tertiary/aromatic N) is 1. The molecule has 1 aromatic rings. The molecule has 1 fully saturated rings. The van der Waals surface area contributed by atoms with Crippen LogP contribution in [0.1, 0.15) is 31.9 Å². The third kappa shape index (κ3) is 3.42. The Morgan fingerprint density at radius 2 is 2.32 bits per heavy atom. The van der Waals surface area contributed by atoms with Gasteiger partial charge in [-0.3, -0.25) is 0 Å². The molecule has 1 N–H and O–H groups in total. The average molecular weight is 282 g/mol. The number of anilines is 1. The molecule has 0 spiro atoms. The first-order chi connectivity index (χ1) is 9.15. The van der Waals surface area contributed by atoms with Crippen molar-refractivity contribution in [2.45, 2.75) is 31.6 Å². The Bertz CT molecular complexity index is 425. The summed E-state index contributed by atoms with van der Waals surface area (Å²) in [5, 5.41) is 3.91. The van der Waals surface area contributed by atoms with E-state index in [9.17, 15) is 4.39 Å². The van der Waals surface area contributed by atoms with Gasteiger partial charge in [0.15, 0.2) is 0 Å². The summed E-state index contributed by atoms with van der Waals surface area (Å²) in [6, 6.07) is 5.34. The van der Waals surface area contributed by atoms with E-state index >= 15 is 0 Å². The molecule has 0 saturated carbocycles. The second-order valence-corrected chi connectivity index (χ2v) is 6.47. The van der Waals surface area contributed by atoms with Crippen molar-refractivity contribution in [3.8, 4) is 0 Å². The molecule has 4 heteroatoms. The van der Waals surface area contributed by atoms with E-state index in [2.05, 4.69) is 35.8 Å². The van der Waals surface area contributed by atoms with Gasteiger partial charge in [-0.15, -0.1) is 0 Å². The van der Waals surface area contributed by atoms with E-state index in [1.54, 1.807) is 12.1 Å². The Balaban J connectivity index is 2.27. The predicted molar refractivity (Wildman–Crippen MR) is 82.6 cm³/mol. The molecule has 106 valence electrons. The SMILES string of the molecule is CCC1CN(c2ccc(F)cc2C(C)NC)CCS1. The molecule has 2 rings (SSSR count). The van der Waals surface area contributed by atoms with E-state index in [0.29, 0.717) is 5.25 Å². The van der Waals surface area contributed by atoms with E-state index in [0.717, 1.165) is 24.4 Å². The van der Waals surface area contributed by atoms with E-state index in [-0.39, 0.29) is 11.9 Å². The van der Waals surface area contributed by atoms with E-state index in [1.165, 1.54) is 12.1 Å². The van der Waals surface area contributed by atoms with E-state index in [1.807, 2.05) is 13.1 Å². The first-order valence-electron chi connectivity index (χ1n) is 6.99. The molecule has 19 heavy (non-hydrogen) atoms. The molecule has 0 aromatic heterocycles. The maximum atomic E-state index is 13.5. The summed E-state index contributed by atoms with van der Waals surface area (Å²) in [5.74, 6) is 1.00. The summed E-state index contributed by atoms with van der Waals surface area (Å²) in [5.41, 5.74) is 2.24. The monoisotopic (exact) mass is 282 g/mol. The minimum absolute atomic E-state index is 0.153. The second kappa shape index (κ2) is 6.62. The van der Waals surface area contributed by atoms with Crippen molar-refractivity contribution in [2.75, 3.05) is 30.8 Å². The van der Waals surface area contributed by atoms with Crippen LogP contribution in [-0.2, 0) is 0 Å². The summed E-state index contributed by atoms with van der Waals surface area (Å²) in [4.78, 5) is 2.41. The quantitative estimate of drug-likeness (QED) is 0.911. The third-order valence-corrected chi connectivity index (χ3v) is 5.20. The summed E-state index contributed by atoms with van der Waals surface area (Å²) in [6.45, 7) is 6.43. The van der Waals surface area contributed by atoms with Gasteiger partial charge in [0.05, 0.1) is 0 Å². The predicted octanol–water partition coefficient (Wildman–Crippen LogP) is 3.44. The van der Waals surface area contributed by atoms with Crippen molar-refractivity contribution in [1.29, 1.82) is 0 Å². The van der Waals surface area contributed by atoms with Crippen LogP contribution in [0.5, 0.6) is 0 Å². The number of hydrogen-bond donors (Lipinski definition) is 1. The fourth-order valence-corrected chi connectivity index (χ4v) is 3.68. The molecular formula is C15H23FN2S. The molecule has 2 nitrogen and oxygen atoms in total. The lowest BCUT2D eigenvalue weighted by atomic mass is 10.0. The van der Waals surface area contributed by atoms with Crippen molar-refractivity contribution in [3.63, 3.8) is 0 Å². The van der Waals surface area contributed by atoms with Crippen molar-refractivity contribution in [3.05, 3.63) is 29.6 Å². The largest absolute Gasteiger partial charge is 0.369 e. The molecule has 0 bridgehead atoms. The second-order valence-electron chi connectivity index (χ2n) is 5.06. The summed E-state index contributed by atoms with van der Waals surface area (Å²) in [7, 11) is 1.92. The van der Waals surface area contributed by atoms with Crippen molar-refractivity contribution in [1.82, 2.24) is 5.32 Å². The van der Waals surface area contributed by atoms with Crippen LogP contribution in [0.25, 0.3) is 0 Å². The van der Waals surface area contributed by atoms with Crippen LogP contribution in [0.3, 0.4) is 0 Å². The van der Waals surface area contributed by atoms with E-state index < -0.39 is 0 Å². The summed E-state index contributed by atoms with van der Waals surface area (Å²) in [6.07, 6.45) is 1.19. The fraction of sp³-hybridized carbons (Fsp3) is 0.600. The van der Waals surface area contributed by atoms with Crippen LogP contribution < -0.4 is 10.2 Å². The molecule has 1 aromatic carbocycles. The fourth-order valence-electron chi connectivity index (χ4n) is 2.50. The van der Waals surface area contributed by atoms with Gasteiger partial charge in [-0.25, -0.2) is 4.39 Å². The highest BCUT2D eigenvalue weighted by atomic mass is 32.2. The number of rotatable bonds is 4. The van der Waals surface area contributed by atoms with Crippen molar-refractivity contribution >= 4 is 17.4 Å². The summed E-state index contributed by atoms with van der Waals surface area (Å²) >= 11 is 2.05. The highest BCUT2D eigenvalue weighted by Crippen LogP contribution is 2.31. The lowest BCUT2D eigenvalue weighted by Gasteiger charge is -2.35. The Kier molecular flexibility index (Phi) is 5.11. The van der Waals surface area contributed by atoms with Gasteiger partial charge in [-0.05, 0) is 44.2 Å². The van der Waals surface area contributed by atoms with Gasteiger partial charge in [0.25, 0.3) is 0 Å². The first-order valence-corrected chi connectivity index (χ1v) is 8.03. The molecule has 0 radical (unpaired) electrons. The number of thioether (sulfide) groups is 1. The minimum Gasteiger partial charge on any atom is -0.369 e.